The van der Waals surface area contributed by atoms with E-state index in [0.717, 1.165) is 44.9 Å². The zero-order chi connectivity index (χ0) is 39.1. The molecular weight excluding hydrogens is 685 g/mol. The largest absolute Gasteiger partial charge is 0.756 e. The molecule has 0 fully saturated rings. The van der Waals surface area contributed by atoms with E-state index in [4.69, 9.17) is 18.5 Å². The first-order valence-electron chi connectivity index (χ1n) is 21.7. The molecule has 0 saturated heterocycles. The molecule has 312 valence electrons. The van der Waals surface area contributed by atoms with Gasteiger partial charge in [-0.3, -0.25) is 9.36 Å². The van der Waals surface area contributed by atoms with Crippen LogP contribution in [0.5, 0.6) is 0 Å². The van der Waals surface area contributed by atoms with Crippen LogP contribution in [0.25, 0.3) is 0 Å². The summed E-state index contributed by atoms with van der Waals surface area (Å²) in [6, 6.07) is 0. The van der Waals surface area contributed by atoms with Crippen LogP contribution in [-0.2, 0) is 27.9 Å². The van der Waals surface area contributed by atoms with Crippen LogP contribution in [0.1, 0.15) is 181 Å². The van der Waals surface area contributed by atoms with Gasteiger partial charge < -0.3 is 27.9 Å². The summed E-state index contributed by atoms with van der Waals surface area (Å²) in [7, 11) is 1.35. The van der Waals surface area contributed by atoms with Crippen LogP contribution in [0.4, 0.5) is 0 Å². The number of nitrogens with zero attached hydrogens (tertiary/aromatic N) is 1. The third-order valence-corrected chi connectivity index (χ3v) is 10.1. The second kappa shape index (κ2) is 37.6. The monoisotopic (exact) mass is 770 g/mol. The zero-order valence-corrected chi connectivity index (χ0v) is 36.1. The van der Waals surface area contributed by atoms with Gasteiger partial charge in [0.05, 0.1) is 34.4 Å². The highest BCUT2D eigenvalue weighted by Crippen LogP contribution is 2.38. The molecule has 0 aromatic rings. The number of hydrogen-bond acceptors (Lipinski definition) is 7. The summed E-state index contributed by atoms with van der Waals surface area (Å²) in [5, 5.41) is 0. The smallest absolute Gasteiger partial charge is 0.306 e. The molecule has 9 heteroatoms. The van der Waals surface area contributed by atoms with Gasteiger partial charge in [-0.1, -0.05) is 140 Å². The highest BCUT2D eigenvalue weighted by molar-refractivity contribution is 7.45. The molecule has 8 nitrogen and oxygen atoms in total. The summed E-state index contributed by atoms with van der Waals surface area (Å²) in [4.78, 5) is 25.0. The van der Waals surface area contributed by atoms with Gasteiger partial charge in [0.1, 0.15) is 19.3 Å². The molecule has 53 heavy (non-hydrogen) atoms. The Kier molecular flexibility index (Phi) is 36.7. The Balaban J connectivity index is 4.26. The van der Waals surface area contributed by atoms with Crippen molar-refractivity contribution < 1.29 is 37.3 Å². The highest BCUT2D eigenvalue weighted by Gasteiger charge is 2.20. The van der Waals surface area contributed by atoms with Crippen LogP contribution in [0.15, 0.2) is 36.5 Å². The van der Waals surface area contributed by atoms with Crippen LogP contribution in [0.3, 0.4) is 0 Å². The van der Waals surface area contributed by atoms with Gasteiger partial charge in [0.15, 0.2) is 0 Å². The molecular formula is C44H84NO7P. The molecule has 2 atom stereocenters. The van der Waals surface area contributed by atoms with Gasteiger partial charge in [0.25, 0.3) is 7.82 Å². The number of likely N-dealkylation sites (N-methyl/N-ethyl adjacent to an activating group) is 1. The number of esters is 1. The Morgan fingerprint density at radius 2 is 1.04 bits per heavy atom. The minimum Gasteiger partial charge on any atom is -0.756 e. The first-order valence-corrected chi connectivity index (χ1v) is 23.2. The topological polar surface area (TPSA) is 94.1 Å². The highest BCUT2D eigenvalue weighted by atomic mass is 31.2. The fourth-order valence-electron chi connectivity index (χ4n) is 5.75. The maximum Gasteiger partial charge on any atom is 0.306 e. The van der Waals surface area contributed by atoms with Crippen molar-refractivity contribution in [3.8, 4) is 0 Å². The quantitative estimate of drug-likeness (QED) is 0.0201. The van der Waals surface area contributed by atoms with Gasteiger partial charge in [0, 0.05) is 13.0 Å². The third kappa shape index (κ3) is 41.7. The molecule has 0 aliphatic rings. The number of phosphoric ester groups is 1. The number of hydrogen-bond donors (Lipinski definition) is 0. The maximum atomic E-state index is 12.7. The number of allylic oxidation sites excluding steroid dienone is 6. The van der Waals surface area contributed by atoms with Crippen molar-refractivity contribution in [1.82, 2.24) is 0 Å². The van der Waals surface area contributed by atoms with Crippen molar-refractivity contribution in [3.05, 3.63) is 36.5 Å². The summed E-state index contributed by atoms with van der Waals surface area (Å²) in [5.74, 6) is -0.345. The van der Waals surface area contributed by atoms with Crippen LogP contribution in [0, 0.1) is 0 Å². The summed E-state index contributed by atoms with van der Waals surface area (Å²) >= 11 is 0. The lowest BCUT2D eigenvalue weighted by molar-refractivity contribution is -0.870. The number of quaternary nitrogens is 1. The van der Waals surface area contributed by atoms with Gasteiger partial charge in [-0.05, 0) is 70.6 Å². The second-order valence-corrected chi connectivity index (χ2v) is 17.1. The second-order valence-electron chi connectivity index (χ2n) is 15.7. The van der Waals surface area contributed by atoms with E-state index in [0.29, 0.717) is 24.1 Å². The standard InChI is InChI=1S/C44H84NO7P/c1-6-8-10-12-14-16-18-20-22-23-24-25-27-29-31-33-35-37-44(46)52-43(42-51-53(47,48)50-40-38-45(3,4)5)41-49-39-36-34-32-30-28-26-21-19-17-15-13-11-9-7-2/h14,16-17,19-20,22,43H,6-13,15,18,21,23-42H2,1-5H3/b16-14-,19-17-,22-20-. The Morgan fingerprint density at radius 3 is 1.58 bits per heavy atom. The average molecular weight is 770 g/mol. The summed E-state index contributed by atoms with van der Waals surface area (Å²) in [6.07, 6.45) is 42.9. The minimum atomic E-state index is -4.53. The lowest BCUT2D eigenvalue weighted by Gasteiger charge is -2.28. The number of carbonyl (C=O) groups is 1. The fraction of sp³-hybridized carbons (Fsp3) is 0.841. The Bertz CT molecular complexity index is 947. The first-order chi connectivity index (χ1) is 25.6. The average Bonchev–Trinajstić information content (AvgIpc) is 3.11. The van der Waals surface area contributed by atoms with Crippen molar-refractivity contribution in [3.63, 3.8) is 0 Å². The van der Waals surface area contributed by atoms with Gasteiger partial charge in [-0.15, -0.1) is 0 Å². The first kappa shape index (κ1) is 51.7. The molecule has 0 aliphatic heterocycles. The van der Waals surface area contributed by atoms with Gasteiger partial charge in [-0.2, -0.15) is 0 Å². The normalized spacial score (nSPS) is 14.2. The number of carbonyl (C=O) groups excluding carboxylic acids is 1. The summed E-state index contributed by atoms with van der Waals surface area (Å²) in [5.41, 5.74) is 0. The predicted molar refractivity (Wildman–Crippen MR) is 222 cm³/mol. The van der Waals surface area contributed by atoms with Crippen molar-refractivity contribution in [2.75, 3.05) is 54.1 Å². The van der Waals surface area contributed by atoms with Crippen molar-refractivity contribution in [2.24, 2.45) is 0 Å². The molecule has 0 amide bonds. The van der Waals surface area contributed by atoms with Crippen LogP contribution < -0.4 is 4.89 Å². The fourth-order valence-corrected chi connectivity index (χ4v) is 6.47. The van der Waals surface area contributed by atoms with Gasteiger partial charge >= 0.3 is 5.97 Å². The molecule has 0 saturated carbocycles. The molecule has 0 aromatic heterocycles. The molecule has 0 spiro atoms. The van der Waals surface area contributed by atoms with E-state index in [1.807, 2.05) is 21.1 Å². The molecule has 2 unspecified atom stereocenters. The molecule has 0 aromatic carbocycles. The number of rotatable bonds is 40. The molecule has 0 bridgehead atoms. The number of phosphoric acid groups is 1. The van der Waals surface area contributed by atoms with E-state index in [2.05, 4.69) is 50.3 Å². The molecule has 0 aliphatic carbocycles. The lowest BCUT2D eigenvalue weighted by atomic mass is 10.1. The van der Waals surface area contributed by atoms with Crippen molar-refractivity contribution >= 4 is 13.8 Å². The van der Waals surface area contributed by atoms with E-state index >= 15 is 0 Å². The predicted octanol–water partition coefficient (Wildman–Crippen LogP) is 12.0. The number of unbranched alkanes of at least 4 members (excludes halogenated alkanes) is 20. The van der Waals surface area contributed by atoms with E-state index < -0.39 is 13.9 Å². The van der Waals surface area contributed by atoms with Crippen molar-refractivity contribution in [2.45, 2.75) is 187 Å². The lowest BCUT2D eigenvalue weighted by Crippen LogP contribution is -2.37. The SMILES string of the molecule is CCCCC/C=C\C/C=C\CCCCCCCCCC(=O)OC(COCCCCCCCC/C=C\CCCCCC)COP(=O)([O-])OCC[N+](C)(C)C. The van der Waals surface area contributed by atoms with E-state index in [9.17, 15) is 14.3 Å². The Hall–Kier alpha value is -1.28. The summed E-state index contributed by atoms with van der Waals surface area (Å²) < 4.78 is 34.6. The minimum absolute atomic E-state index is 0.0230. The molecule has 0 rings (SSSR count). The van der Waals surface area contributed by atoms with Crippen LogP contribution in [0.2, 0.25) is 0 Å². The third-order valence-electron chi connectivity index (χ3n) is 9.16. The van der Waals surface area contributed by atoms with E-state index in [1.54, 1.807) is 0 Å². The van der Waals surface area contributed by atoms with Crippen LogP contribution >= 0.6 is 7.82 Å². The van der Waals surface area contributed by atoms with Crippen molar-refractivity contribution in [1.29, 1.82) is 0 Å². The maximum absolute atomic E-state index is 12.7. The van der Waals surface area contributed by atoms with E-state index in [-0.39, 0.29) is 25.8 Å². The number of ether oxygens (including phenoxy) is 2. The van der Waals surface area contributed by atoms with Crippen LogP contribution in [-0.4, -0.2) is 70.7 Å². The van der Waals surface area contributed by atoms with Gasteiger partial charge in [-0.25, -0.2) is 0 Å². The Morgan fingerprint density at radius 1 is 0.585 bits per heavy atom. The molecule has 0 N–H and O–H groups in total. The summed E-state index contributed by atoms with van der Waals surface area (Å²) in [6.45, 7) is 5.35. The van der Waals surface area contributed by atoms with Gasteiger partial charge in [0.2, 0.25) is 0 Å². The molecule has 0 radical (unpaired) electrons. The molecule has 0 heterocycles. The zero-order valence-electron chi connectivity index (χ0n) is 35.2. The Labute approximate surface area is 327 Å². The van der Waals surface area contributed by atoms with E-state index in [1.165, 1.54) is 116 Å².